The van der Waals surface area contributed by atoms with Crippen LogP contribution in [0, 0.1) is 19.7 Å². The number of nitrogens with zero attached hydrogens (tertiary/aromatic N) is 2. The third-order valence-corrected chi connectivity index (χ3v) is 4.58. The van der Waals surface area contributed by atoms with Crippen LogP contribution in [0.25, 0.3) is 0 Å². The van der Waals surface area contributed by atoms with Crippen LogP contribution in [0.1, 0.15) is 35.9 Å². The van der Waals surface area contributed by atoms with E-state index >= 15 is 0 Å². The Labute approximate surface area is 185 Å². The third-order valence-electron chi connectivity index (χ3n) is 4.08. The maximum absolute atomic E-state index is 13.8. The topological polar surface area (TPSA) is 62.5 Å². The van der Waals surface area contributed by atoms with Crippen molar-refractivity contribution in [2.45, 2.75) is 40.0 Å². The van der Waals surface area contributed by atoms with Crippen molar-refractivity contribution < 1.29 is 8.91 Å². The minimum absolute atomic E-state index is 0. The Balaban J connectivity index is 0.00000364. The van der Waals surface area contributed by atoms with Crippen molar-refractivity contribution in [2.24, 2.45) is 4.99 Å². The van der Waals surface area contributed by atoms with Gasteiger partial charge in [0, 0.05) is 29.7 Å². The fraction of sp³-hybridized carbons (Fsp3) is 0.474. The Morgan fingerprint density at radius 1 is 1.26 bits per heavy atom. The van der Waals surface area contributed by atoms with Crippen LogP contribution in [0.3, 0.4) is 0 Å². The molecule has 0 amide bonds. The number of guanidine groups is 1. The number of benzene rings is 1. The first kappa shape index (κ1) is 23.9. The molecule has 1 heterocycles. The van der Waals surface area contributed by atoms with Gasteiger partial charge in [-0.3, -0.25) is 4.99 Å². The fourth-order valence-corrected chi connectivity index (χ4v) is 3.02. The summed E-state index contributed by atoms with van der Waals surface area (Å²) in [5, 5.41) is 10.5. The van der Waals surface area contributed by atoms with Gasteiger partial charge in [-0.05, 0) is 57.7 Å². The molecule has 1 aromatic carbocycles. The molecule has 0 aliphatic carbocycles. The number of aryl methyl sites for hydroxylation is 3. The van der Waals surface area contributed by atoms with Crippen molar-refractivity contribution in [3.8, 4) is 0 Å². The number of hydrogen-bond acceptors (Lipinski definition) is 3. The summed E-state index contributed by atoms with van der Waals surface area (Å²) in [6.07, 6.45) is 2.29. The zero-order valence-corrected chi connectivity index (χ0v) is 19.9. The first-order valence-corrected chi connectivity index (χ1v) is 9.68. The second kappa shape index (κ2) is 12.3. The fourth-order valence-electron chi connectivity index (χ4n) is 2.69. The van der Waals surface area contributed by atoms with Crippen LogP contribution in [-0.4, -0.2) is 30.8 Å². The summed E-state index contributed by atoms with van der Waals surface area (Å²) in [5.74, 6) is 1.46. The maximum atomic E-state index is 13.8. The maximum Gasteiger partial charge on any atom is 0.191 e. The molecule has 2 N–H and O–H groups in total. The van der Waals surface area contributed by atoms with Gasteiger partial charge in [0.25, 0.3) is 0 Å². The minimum atomic E-state index is -0.173. The molecular formula is C19H27BrFIN4O. The van der Waals surface area contributed by atoms with E-state index in [9.17, 15) is 4.39 Å². The molecule has 2 aromatic rings. The molecule has 150 valence electrons. The number of halogens is 3. The monoisotopic (exact) mass is 552 g/mol. The van der Waals surface area contributed by atoms with Crippen LogP contribution >= 0.6 is 39.9 Å². The zero-order chi connectivity index (χ0) is 18.9. The average molecular weight is 553 g/mol. The van der Waals surface area contributed by atoms with E-state index < -0.39 is 0 Å². The summed E-state index contributed by atoms with van der Waals surface area (Å²) < 4.78 is 19.8. The molecule has 0 saturated heterocycles. The summed E-state index contributed by atoms with van der Waals surface area (Å²) in [6.45, 7) is 8.08. The summed E-state index contributed by atoms with van der Waals surface area (Å²) >= 11 is 3.27. The van der Waals surface area contributed by atoms with Crippen LogP contribution in [0.4, 0.5) is 4.39 Å². The van der Waals surface area contributed by atoms with Crippen molar-refractivity contribution in [3.63, 3.8) is 0 Å². The molecular weight excluding hydrogens is 526 g/mol. The molecule has 0 saturated carbocycles. The van der Waals surface area contributed by atoms with Crippen LogP contribution in [0.5, 0.6) is 0 Å². The molecule has 5 nitrogen and oxygen atoms in total. The minimum Gasteiger partial charge on any atom is -0.361 e. The van der Waals surface area contributed by atoms with Gasteiger partial charge in [0.05, 0.1) is 5.69 Å². The number of hydrogen-bond donors (Lipinski definition) is 2. The van der Waals surface area contributed by atoms with Gasteiger partial charge >= 0.3 is 0 Å². The Morgan fingerprint density at radius 2 is 2.04 bits per heavy atom. The lowest BCUT2D eigenvalue weighted by atomic mass is 10.1. The van der Waals surface area contributed by atoms with Crippen molar-refractivity contribution in [1.82, 2.24) is 15.8 Å². The second-order valence-corrected chi connectivity index (χ2v) is 7.00. The lowest BCUT2D eigenvalue weighted by molar-refractivity contribution is 0.392. The van der Waals surface area contributed by atoms with Crippen molar-refractivity contribution in [1.29, 1.82) is 0 Å². The van der Waals surface area contributed by atoms with Gasteiger partial charge in [0.1, 0.15) is 11.6 Å². The highest BCUT2D eigenvalue weighted by atomic mass is 127. The first-order chi connectivity index (χ1) is 12.5. The molecule has 27 heavy (non-hydrogen) atoms. The predicted octanol–water partition coefficient (Wildman–Crippen LogP) is 4.54. The van der Waals surface area contributed by atoms with Crippen LogP contribution in [0.15, 0.2) is 32.2 Å². The zero-order valence-electron chi connectivity index (χ0n) is 15.9. The SMILES string of the molecule is CCNC(=NCCCc1ccc(Br)cc1F)NCCc1c(C)noc1C.I. The molecule has 8 heteroatoms. The number of rotatable bonds is 8. The standard InChI is InChI=1S/C19H26BrFN4O.HI/c1-4-22-19(24-11-9-17-13(2)25-26-14(17)3)23-10-5-6-15-7-8-16(20)12-18(15)21;/h7-8,12H,4-6,9-11H2,1-3H3,(H2,22,23,24);1H. The van der Waals surface area contributed by atoms with Gasteiger partial charge in [-0.15, -0.1) is 24.0 Å². The summed E-state index contributed by atoms with van der Waals surface area (Å²) in [6, 6.07) is 5.18. The Bertz CT molecular complexity index is 732. The molecule has 0 unspecified atom stereocenters. The largest absolute Gasteiger partial charge is 0.361 e. The molecule has 0 aliphatic heterocycles. The Hall–Kier alpha value is -1.16. The van der Waals surface area contributed by atoms with Crippen molar-refractivity contribution in [3.05, 3.63) is 51.1 Å². The molecule has 0 bridgehead atoms. The van der Waals surface area contributed by atoms with E-state index in [2.05, 4.69) is 36.7 Å². The van der Waals surface area contributed by atoms with E-state index in [0.29, 0.717) is 13.0 Å². The molecule has 0 radical (unpaired) electrons. The van der Waals surface area contributed by atoms with Gasteiger partial charge < -0.3 is 15.2 Å². The predicted molar refractivity (Wildman–Crippen MR) is 121 cm³/mol. The number of aliphatic imine (C=N–C) groups is 1. The molecule has 1 aromatic heterocycles. The molecule has 0 spiro atoms. The molecule has 0 aliphatic rings. The molecule has 0 fully saturated rings. The van der Waals surface area contributed by atoms with Crippen molar-refractivity contribution >= 4 is 45.9 Å². The van der Waals surface area contributed by atoms with E-state index in [1.165, 1.54) is 6.07 Å². The van der Waals surface area contributed by atoms with Gasteiger partial charge in [-0.25, -0.2) is 4.39 Å². The van der Waals surface area contributed by atoms with Gasteiger partial charge in [0.15, 0.2) is 5.96 Å². The van der Waals surface area contributed by atoms with Crippen molar-refractivity contribution in [2.75, 3.05) is 19.6 Å². The Morgan fingerprint density at radius 3 is 2.67 bits per heavy atom. The van der Waals surface area contributed by atoms with Gasteiger partial charge in [-0.1, -0.05) is 27.2 Å². The lowest BCUT2D eigenvalue weighted by Gasteiger charge is -2.11. The molecule has 0 atom stereocenters. The normalized spacial score (nSPS) is 11.2. The lowest BCUT2D eigenvalue weighted by Crippen LogP contribution is -2.38. The van der Waals surface area contributed by atoms with E-state index in [4.69, 9.17) is 4.52 Å². The third kappa shape index (κ3) is 7.77. The highest BCUT2D eigenvalue weighted by molar-refractivity contribution is 14.0. The highest BCUT2D eigenvalue weighted by Crippen LogP contribution is 2.16. The molecule has 2 rings (SSSR count). The van der Waals surface area contributed by atoms with Crippen LogP contribution < -0.4 is 10.6 Å². The van der Waals surface area contributed by atoms with E-state index in [1.54, 1.807) is 0 Å². The Kier molecular flexibility index (Phi) is 10.9. The van der Waals surface area contributed by atoms with E-state index in [1.807, 2.05) is 32.9 Å². The summed E-state index contributed by atoms with van der Waals surface area (Å²) in [4.78, 5) is 4.56. The van der Waals surface area contributed by atoms with E-state index in [0.717, 1.165) is 58.9 Å². The second-order valence-electron chi connectivity index (χ2n) is 6.08. The first-order valence-electron chi connectivity index (χ1n) is 8.89. The van der Waals surface area contributed by atoms with Crippen LogP contribution in [-0.2, 0) is 12.8 Å². The highest BCUT2D eigenvalue weighted by Gasteiger charge is 2.08. The van der Waals surface area contributed by atoms with Crippen LogP contribution in [0.2, 0.25) is 0 Å². The summed E-state index contributed by atoms with van der Waals surface area (Å²) in [7, 11) is 0. The quantitative estimate of drug-likeness (QED) is 0.218. The van der Waals surface area contributed by atoms with Gasteiger partial charge in [0.2, 0.25) is 0 Å². The van der Waals surface area contributed by atoms with E-state index in [-0.39, 0.29) is 29.8 Å². The smallest absolute Gasteiger partial charge is 0.191 e. The van der Waals surface area contributed by atoms with Gasteiger partial charge in [-0.2, -0.15) is 0 Å². The number of nitrogens with one attached hydrogen (secondary N) is 2. The number of aromatic nitrogens is 1. The summed E-state index contributed by atoms with van der Waals surface area (Å²) in [5.41, 5.74) is 2.79. The average Bonchev–Trinajstić information content (AvgIpc) is 2.92.